The number of benzene rings is 4. The topological polar surface area (TPSA) is 86.2 Å². The molecule has 0 saturated heterocycles. The van der Waals surface area contributed by atoms with E-state index in [0.29, 0.717) is 39.4 Å². The summed E-state index contributed by atoms with van der Waals surface area (Å²) in [5.74, 6) is 7.28. The lowest BCUT2D eigenvalue weighted by Crippen LogP contribution is -2.48. The Bertz CT molecular complexity index is 2160. The fraction of sp³-hybridized carbons (Fsp3) is 0.426. The van der Waals surface area contributed by atoms with E-state index < -0.39 is 0 Å². The van der Waals surface area contributed by atoms with E-state index in [-0.39, 0.29) is 0 Å². The number of nitrogens with zero attached hydrogens (tertiary/aromatic N) is 5. The Morgan fingerprint density at radius 2 is 0.885 bits per heavy atom. The third-order valence-electron chi connectivity index (χ3n) is 14.7. The Labute approximate surface area is 306 Å². The molecule has 4 aromatic carbocycles. The van der Waals surface area contributed by atoms with Crippen molar-refractivity contribution in [3.8, 4) is 46.3 Å². The van der Waals surface area contributed by atoms with Crippen molar-refractivity contribution in [3.63, 3.8) is 0 Å². The lowest BCUT2D eigenvalue weighted by atomic mass is 9.48. The molecule has 8 bridgehead atoms. The van der Waals surface area contributed by atoms with Crippen LogP contribution in [0.25, 0.3) is 44.9 Å². The van der Waals surface area contributed by atoms with Crippen molar-refractivity contribution in [2.24, 2.45) is 35.5 Å². The van der Waals surface area contributed by atoms with Gasteiger partial charge in [-0.3, -0.25) is 0 Å². The quantitative estimate of drug-likeness (QED) is 0.185. The summed E-state index contributed by atoms with van der Waals surface area (Å²) >= 11 is 0. The van der Waals surface area contributed by atoms with E-state index in [9.17, 15) is 10.5 Å². The Morgan fingerprint density at radius 1 is 0.462 bits per heavy atom. The molecular weight excluding hydrogens is 635 g/mol. The largest absolute Gasteiger partial charge is 0.208 e. The number of hydrogen-bond donors (Lipinski definition) is 0. The van der Waals surface area contributed by atoms with Crippen molar-refractivity contribution < 1.29 is 0 Å². The number of aromatic nitrogens is 3. The molecule has 52 heavy (non-hydrogen) atoms. The summed E-state index contributed by atoms with van der Waals surface area (Å²) in [4.78, 5) is 15.3. The molecule has 8 aliphatic carbocycles. The highest BCUT2D eigenvalue weighted by Gasteiger charge is 2.52. The molecule has 0 amide bonds. The van der Waals surface area contributed by atoms with Gasteiger partial charge in [-0.25, -0.2) is 15.0 Å². The van der Waals surface area contributed by atoms with Gasteiger partial charge in [-0.1, -0.05) is 54.6 Å². The molecule has 1 heterocycles. The normalized spacial score (nSPS) is 32.2. The van der Waals surface area contributed by atoms with E-state index in [2.05, 4.69) is 60.7 Å². The van der Waals surface area contributed by atoms with Crippen molar-refractivity contribution in [2.75, 3.05) is 0 Å². The monoisotopic (exact) mass is 677 g/mol. The van der Waals surface area contributed by atoms with Crippen molar-refractivity contribution in [1.82, 2.24) is 15.0 Å². The van der Waals surface area contributed by atoms with Gasteiger partial charge in [-0.15, -0.1) is 0 Å². The average Bonchev–Trinajstić information content (AvgIpc) is 3.16. The van der Waals surface area contributed by atoms with Gasteiger partial charge in [0.2, 0.25) is 0 Å². The Hall–Kier alpha value is -4.87. The molecule has 8 aliphatic rings. The zero-order valence-electron chi connectivity index (χ0n) is 29.7. The van der Waals surface area contributed by atoms with Gasteiger partial charge < -0.3 is 0 Å². The van der Waals surface area contributed by atoms with Crippen molar-refractivity contribution in [1.29, 1.82) is 10.5 Å². The maximum Gasteiger partial charge on any atom is 0.164 e. The first kappa shape index (κ1) is 30.7. The molecule has 0 atom stereocenters. The predicted molar refractivity (Wildman–Crippen MR) is 203 cm³/mol. The van der Waals surface area contributed by atoms with E-state index in [0.717, 1.165) is 63.0 Å². The molecular formula is C47H43N5. The average molecular weight is 678 g/mol. The second-order valence-corrected chi connectivity index (χ2v) is 18.0. The fourth-order valence-corrected chi connectivity index (χ4v) is 13.3. The van der Waals surface area contributed by atoms with E-state index in [4.69, 9.17) is 15.0 Å². The Balaban J connectivity index is 0.996. The molecule has 8 saturated carbocycles. The minimum atomic E-state index is 0.339. The van der Waals surface area contributed by atoms with Crippen LogP contribution in [0.3, 0.4) is 0 Å². The van der Waals surface area contributed by atoms with E-state index in [1.165, 1.54) is 88.2 Å². The third kappa shape index (κ3) is 4.89. The van der Waals surface area contributed by atoms with Crippen LogP contribution in [0.2, 0.25) is 0 Å². The van der Waals surface area contributed by atoms with Crippen LogP contribution in [-0.2, 0) is 10.8 Å². The molecule has 5 aromatic rings. The summed E-state index contributed by atoms with van der Waals surface area (Å²) in [5, 5.41) is 21.3. The standard InChI is InChI=1S/C47H43N5/c48-26-28-1-2-37-18-38(19-39(27-49)42(37)17-28)45-51-43(35-3-7-40(8-4-35)46-20-29-11-30(21-46)13-31(12-29)22-46)50-44(52-45)36-5-9-41(10-6-36)47-23-32-14-33(24-47)16-34(15-32)25-47/h1-10,17-19,29-34H,11-16,20-25H2/t29-,30-,31-,32-,33+,34-,46?,47?. The van der Waals surface area contributed by atoms with Crippen molar-refractivity contribution >= 4 is 10.8 Å². The molecule has 256 valence electrons. The second-order valence-electron chi connectivity index (χ2n) is 18.0. The van der Waals surface area contributed by atoms with Gasteiger partial charge >= 0.3 is 0 Å². The smallest absolute Gasteiger partial charge is 0.164 e. The van der Waals surface area contributed by atoms with Crippen LogP contribution in [0.1, 0.15) is 99.3 Å². The van der Waals surface area contributed by atoms with Crippen LogP contribution < -0.4 is 0 Å². The molecule has 0 spiro atoms. The lowest BCUT2D eigenvalue weighted by Gasteiger charge is -2.57. The maximum absolute atomic E-state index is 10.2. The van der Waals surface area contributed by atoms with Crippen molar-refractivity contribution in [2.45, 2.75) is 87.9 Å². The highest BCUT2D eigenvalue weighted by molar-refractivity contribution is 5.92. The Kier molecular flexibility index (Phi) is 6.69. The Morgan fingerprint density at radius 3 is 1.29 bits per heavy atom. The summed E-state index contributed by atoms with van der Waals surface area (Å²) in [6, 6.07) is 32.4. The van der Waals surface area contributed by atoms with Gasteiger partial charge in [0.25, 0.3) is 0 Å². The number of hydrogen-bond acceptors (Lipinski definition) is 5. The molecule has 5 nitrogen and oxygen atoms in total. The van der Waals surface area contributed by atoms with Gasteiger partial charge in [-0.2, -0.15) is 10.5 Å². The third-order valence-corrected chi connectivity index (χ3v) is 14.7. The summed E-state index contributed by atoms with van der Waals surface area (Å²) < 4.78 is 0. The minimum absolute atomic E-state index is 0.339. The highest BCUT2D eigenvalue weighted by Crippen LogP contribution is 2.62. The van der Waals surface area contributed by atoms with Crippen molar-refractivity contribution in [3.05, 3.63) is 101 Å². The number of fused-ring (bicyclic) bond motifs is 1. The molecule has 8 fully saturated rings. The van der Waals surface area contributed by atoms with Gasteiger partial charge in [0.05, 0.1) is 23.3 Å². The molecule has 13 rings (SSSR count). The van der Waals surface area contributed by atoms with Crippen LogP contribution >= 0.6 is 0 Å². The van der Waals surface area contributed by atoms with Crippen LogP contribution in [-0.4, -0.2) is 15.0 Å². The molecule has 0 radical (unpaired) electrons. The van der Waals surface area contributed by atoms with E-state index in [1.807, 2.05) is 18.2 Å². The van der Waals surface area contributed by atoms with Crippen LogP contribution in [0.4, 0.5) is 0 Å². The van der Waals surface area contributed by atoms with Crippen LogP contribution in [0.5, 0.6) is 0 Å². The molecule has 0 aliphatic heterocycles. The fourth-order valence-electron chi connectivity index (χ4n) is 13.3. The highest BCUT2D eigenvalue weighted by atomic mass is 15.0. The van der Waals surface area contributed by atoms with Gasteiger partial charge in [0.1, 0.15) is 0 Å². The first-order valence-electron chi connectivity index (χ1n) is 19.8. The van der Waals surface area contributed by atoms with Crippen LogP contribution in [0.15, 0.2) is 78.9 Å². The summed E-state index contributed by atoms with van der Waals surface area (Å²) in [5.41, 5.74) is 7.46. The molecule has 0 unspecified atom stereocenters. The second kappa shape index (κ2) is 11.3. The van der Waals surface area contributed by atoms with Gasteiger partial charge in [-0.05, 0) is 164 Å². The summed E-state index contributed by atoms with van der Waals surface area (Å²) in [6.45, 7) is 0. The van der Waals surface area contributed by atoms with E-state index >= 15 is 0 Å². The molecule has 0 N–H and O–H groups in total. The van der Waals surface area contributed by atoms with Gasteiger partial charge in [0.15, 0.2) is 17.5 Å². The first-order chi connectivity index (χ1) is 25.4. The van der Waals surface area contributed by atoms with E-state index in [1.54, 1.807) is 12.1 Å². The summed E-state index contributed by atoms with van der Waals surface area (Å²) in [6.07, 6.45) is 16.7. The zero-order valence-corrected chi connectivity index (χ0v) is 29.7. The minimum Gasteiger partial charge on any atom is -0.208 e. The SMILES string of the molecule is N#Cc1ccc2cc(-c3nc(-c4ccc(C56C[C@H]7C[C@@H](C5)C[C@@H](C6)C7)cc4)nc(-c4ccc(C56C[C@H]7C[C@H](C5)C[C@@H](C6)C7)cc4)n3)cc(C#N)c2c1. The lowest BCUT2D eigenvalue weighted by molar-refractivity contribution is -0.00530. The maximum atomic E-state index is 10.2. The van der Waals surface area contributed by atoms with Gasteiger partial charge in [0, 0.05) is 22.1 Å². The molecule has 1 aromatic heterocycles. The number of rotatable bonds is 5. The zero-order chi connectivity index (χ0) is 34.6. The number of nitriles is 2. The van der Waals surface area contributed by atoms with Crippen LogP contribution in [0, 0.1) is 58.2 Å². The first-order valence-corrected chi connectivity index (χ1v) is 19.8. The predicted octanol–water partition coefficient (Wildman–Crippen LogP) is 10.7. The molecule has 5 heteroatoms. The summed E-state index contributed by atoms with van der Waals surface area (Å²) in [7, 11) is 0.